The molecule has 0 aromatic heterocycles. The predicted octanol–water partition coefficient (Wildman–Crippen LogP) is 1.28. The van der Waals surface area contributed by atoms with E-state index in [-0.39, 0.29) is 17.9 Å². The molecule has 170 valence electrons. The minimum atomic E-state index is -0.780. The lowest BCUT2D eigenvalue weighted by Crippen LogP contribution is -2.54. The SMILES string of the molecule is CCOC(=O)N1CCN(C(=O)[C@H]2[C@H]3C(=O)N(c4cccc(OC)c4)C[C@]34C=C[C@H]2O4)CC1. The van der Waals surface area contributed by atoms with Crippen molar-refractivity contribution in [1.82, 2.24) is 9.80 Å². The molecule has 1 spiro atoms. The van der Waals surface area contributed by atoms with E-state index in [0.29, 0.717) is 45.1 Å². The maximum Gasteiger partial charge on any atom is 0.409 e. The summed E-state index contributed by atoms with van der Waals surface area (Å²) in [5.41, 5.74) is -0.0504. The van der Waals surface area contributed by atoms with Gasteiger partial charge in [0.2, 0.25) is 11.8 Å². The van der Waals surface area contributed by atoms with Crippen LogP contribution in [0.5, 0.6) is 5.75 Å². The minimum absolute atomic E-state index is 0.0874. The second-order valence-electron chi connectivity index (χ2n) is 8.54. The fourth-order valence-corrected chi connectivity index (χ4v) is 5.31. The molecule has 32 heavy (non-hydrogen) atoms. The first-order chi connectivity index (χ1) is 15.5. The zero-order chi connectivity index (χ0) is 22.5. The number of piperazine rings is 1. The Balaban J connectivity index is 1.33. The van der Waals surface area contributed by atoms with Crippen molar-refractivity contribution in [3.63, 3.8) is 0 Å². The Kier molecular flexibility index (Phi) is 5.08. The maximum absolute atomic E-state index is 13.5. The van der Waals surface area contributed by atoms with Crippen LogP contribution in [-0.4, -0.2) is 85.9 Å². The molecule has 0 saturated carbocycles. The molecule has 0 aliphatic carbocycles. The van der Waals surface area contributed by atoms with Gasteiger partial charge in [0.05, 0.1) is 38.2 Å². The molecule has 0 radical (unpaired) electrons. The Morgan fingerprint density at radius 3 is 2.66 bits per heavy atom. The van der Waals surface area contributed by atoms with Crippen LogP contribution in [0.15, 0.2) is 36.4 Å². The molecule has 4 aliphatic heterocycles. The number of rotatable bonds is 4. The standard InChI is InChI=1S/C23H27N3O6/c1-3-31-22(29)25-11-9-24(10-12-25)20(27)18-17-7-8-23(32-17)14-26(21(28)19(18)23)15-5-4-6-16(13-15)30-2/h4-8,13,17-19H,3,9-12,14H2,1-2H3/t17-,18-,19+,23-/m1/s1. The molecule has 4 heterocycles. The normalized spacial score (nSPS) is 30.6. The number of amides is 3. The van der Waals surface area contributed by atoms with E-state index < -0.39 is 23.5 Å². The largest absolute Gasteiger partial charge is 0.497 e. The summed E-state index contributed by atoms with van der Waals surface area (Å²) in [6, 6.07) is 7.34. The highest BCUT2D eigenvalue weighted by Gasteiger charge is 2.67. The van der Waals surface area contributed by atoms with Gasteiger partial charge >= 0.3 is 6.09 Å². The van der Waals surface area contributed by atoms with E-state index in [0.717, 1.165) is 5.69 Å². The van der Waals surface area contributed by atoms with Gasteiger partial charge in [-0.2, -0.15) is 0 Å². The number of benzene rings is 1. The summed E-state index contributed by atoms with van der Waals surface area (Å²) in [4.78, 5) is 44.0. The molecule has 9 nitrogen and oxygen atoms in total. The summed E-state index contributed by atoms with van der Waals surface area (Å²) in [5, 5.41) is 0. The first kappa shape index (κ1) is 20.8. The van der Waals surface area contributed by atoms with E-state index in [1.807, 2.05) is 36.4 Å². The van der Waals surface area contributed by atoms with Gasteiger partial charge in [-0.05, 0) is 19.1 Å². The average molecular weight is 441 g/mol. The van der Waals surface area contributed by atoms with Crippen molar-refractivity contribution in [3.8, 4) is 5.75 Å². The maximum atomic E-state index is 13.5. The van der Waals surface area contributed by atoms with Crippen LogP contribution in [0, 0.1) is 11.8 Å². The van der Waals surface area contributed by atoms with Gasteiger partial charge in [-0.25, -0.2) is 4.79 Å². The van der Waals surface area contributed by atoms with Crippen molar-refractivity contribution in [2.75, 3.05) is 51.3 Å². The van der Waals surface area contributed by atoms with E-state index in [4.69, 9.17) is 14.2 Å². The van der Waals surface area contributed by atoms with Gasteiger partial charge in [0, 0.05) is 37.9 Å². The van der Waals surface area contributed by atoms with Crippen LogP contribution in [0.2, 0.25) is 0 Å². The Morgan fingerprint density at radius 2 is 1.94 bits per heavy atom. The number of nitrogens with zero attached hydrogens (tertiary/aromatic N) is 3. The molecule has 1 aromatic carbocycles. The third kappa shape index (κ3) is 3.14. The Morgan fingerprint density at radius 1 is 1.19 bits per heavy atom. The molecule has 1 aromatic rings. The van der Waals surface area contributed by atoms with Crippen LogP contribution in [-0.2, 0) is 19.1 Å². The summed E-state index contributed by atoms with van der Waals surface area (Å²) in [7, 11) is 1.59. The molecule has 0 unspecified atom stereocenters. The van der Waals surface area contributed by atoms with Gasteiger partial charge in [-0.15, -0.1) is 0 Å². The lowest BCUT2D eigenvalue weighted by Gasteiger charge is -2.36. The molecule has 3 saturated heterocycles. The van der Waals surface area contributed by atoms with Gasteiger partial charge in [0.15, 0.2) is 0 Å². The minimum Gasteiger partial charge on any atom is -0.497 e. The number of carbonyl (C=O) groups excluding carboxylic acids is 3. The number of hydrogen-bond acceptors (Lipinski definition) is 6. The fourth-order valence-electron chi connectivity index (χ4n) is 5.31. The van der Waals surface area contributed by atoms with E-state index in [2.05, 4.69) is 0 Å². The van der Waals surface area contributed by atoms with Gasteiger partial charge in [0.25, 0.3) is 0 Å². The molecular weight excluding hydrogens is 414 g/mol. The number of carbonyl (C=O) groups is 3. The average Bonchev–Trinajstić information content (AvgIpc) is 3.47. The van der Waals surface area contributed by atoms with Crippen molar-refractivity contribution in [3.05, 3.63) is 36.4 Å². The fraction of sp³-hybridized carbons (Fsp3) is 0.522. The highest BCUT2D eigenvalue weighted by molar-refractivity contribution is 6.03. The number of hydrogen-bond donors (Lipinski definition) is 0. The van der Waals surface area contributed by atoms with Crippen LogP contribution < -0.4 is 9.64 Å². The van der Waals surface area contributed by atoms with Crippen molar-refractivity contribution in [2.24, 2.45) is 11.8 Å². The quantitative estimate of drug-likeness (QED) is 0.654. The Hall–Kier alpha value is -3.07. The Labute approximate surface area is 186 Å². The van der Waals surface area contributed by atoms with E-state index in [1.54, 1.807) is 28.7 Å². The molecular formula is C23H27N3O6. The third-order valence-corrected chi connectivity index (χ3v) is 6.87. The molecule has 4 aliphatic rings. The lowest BCUT2D eigenvalue weighted by molar-refractivity contribution is -0.141. The first-order valence-electron chi connectivity index (χ1n) is 11.0. The summed E-state index contributed by atoms with van der Waals surface area (Å²) < 4.78 is 16.6. The van der Waals surface area contributed by atoms with Crippen LogP contribution in [0.25, 0.3) is 0 Å². The van der Waals surface area contributed by atoms with Gasteiger partial charge in [-0.1, -0.05) is 18.2 Å². The molecule has 2 bridgehead atoms. The van der Waals surface area contributed by atoms with Gasteiger partial charge < -0.3 is 28.9 Å². The van der Waals surface area contributed by atoms with Crippen LogP contribution >= 0.6 is 0 Å². The lowest BCUT2D eigenvalue weighted by atomic mass is 9.76. The van der Waals surface area contributed by atoms with Crippen molar-refractivity contribution >= 4 is 23.6 Å². The summed E-state index contributed by atoms with van der Waals surface area (Å²) in [6.07, 6.45) is 3.11. The van der Waals surface area contributed by atoms with Crippen LogP contribution in [0.4, 0.5) is 10.5 Å². The number of fused-ring (bicyclic) bond motifs is 1. The third-order valence-electron chi connectivity index (χ3n) is 6.87. The van der Waals surface area contributed by atoms with E-state index in [9.17, 15) is 14.4 Å². The van der Waals surface area contributed by atoms with Crippen molar-refractivity contribution in [1.29, 1.82) is 0 Å². The zero-order valence-electron chi connectivity index (χ0n) is 18.2. The van der Waals surface area contributed by atoms with Gasteiger partial charge in [0.1, 0.15) is 11.4 Å². The first-order valence-corrected chi connectivity index (χ1v) is 11.0. The van der Waals surface area contributed by atoms with Crippen LogP contribution in [0.3, 0.4) is 0 Å². The second-order valence-corrected chi connectivity index (χ2v) is 8.54. The molecule has 3 fully saturated rings. The summed E-state index contributed by atoms with van der Waals surface area (Å²) in [5.74, 6) is -0.640. The smallest absolute Gasteiger partial charge is 0.409 e. The molecule has 5 rings (SSSR count). The van der Waals surface area contributed by atoms with E-state index in [1.165, 1.54) is 0 Å². The molecule has 9 heteroatoms. The van der Waals surface area contributed by atoms with Crippen molar-refractivity contribution in [2.45, 2.75) is 18.6 Å². The summed E-state index contributed by atoms with van der Waals surface area (Å²) >= 11 is 0. The molecule has 0 N–H and O–H groups in total. The highest BCUT2D eigenvalue weighted by atomic mass is 16.6. The van der Waals surface area contributed by atoms with Crippen molar-refractivity contribution < 1.29 is 28.6 Å². The zero-order valence-corrected chi connectivity index (χ0v) is 18.2. The predicted molar refractivity (Wildman–Crippen MR) is 114 cm³/mol. The summed E-state index contributed by atoms with van der Waals surface area (Å²) in [6.45, 7) is 4.12. The highest BCUT2D eigenvalue weighted by Crippen LogP contribution is 2.53. The Bertz CT molecular complexity index is 972. The van der Waals surface area contributed by atoms with Gasteiger partial charge in [-0.3, -0.25) is 9.59 Å². The monoisotopic (exact) mass is 441 g/mol. The second kappa shape index (κ2) is 7.81. The molecule has 3 amide bonds. The van der Waals surface area contributed by atoms with E-state index >= 15 is 0 Å². The number of anilines is 1. The molecule has 4 atom stereocenters. The van der Waals surface area contributed by atoms with Crippen LogP contribution in [0.1, 0.15) is 6.92 Å². The topological polar surface area (TPSA) is 88.6 Å². The number of ether oxygens (including phenoxy) is 3. The number of methoxy groups -OCH3 is 1.